The summed E-state index contributed by atoms with van der Waals surface area (Å²) in [6.07, 6.45) is 0.329. The Morgan fingerprint density at radius 1 is 1.27 bits per heavy atom. The van der Waals surface area contributed by atoms with Crippen LogP contribution in [0.1, 0.15) is 29.5 Å². The molecule has 1 N–H and O–H groups in total. The topological polar surface area (TPSA) is 20.2 Å². The fraction of sp³-hybridized carbons (Fsp3) is 0.333. The molecule has 2 rings (SSSR count). The van der Waals surface area contributed by atoms with Crippen molar-refractivity contribution in [1.82, 2.24) is 0 Å². The van der Waals surface area contributed by atoms with Gasteiger partial charge in [-0.05, 0) is 55.0 Å². The van der Waals surface area contributed by atoms with Crippen molar-refractivity contribution in [1.29, 1.82) is 0 Å². The lowest BCUT2D eigenvalue weighted by molar-refractivity contribution is 0.421. The number of phenols is 1. The standard InChI is InChI=1S/C12H12F2O/c1-7-5-9(15)6-8-3-2-4-10(11(7)8)12(13)14/h5-6,15H,2-4H2,1H3. The third kappa shape index (κ3) is 1.74. The molecule has 1 aromatic rings. The molecule has 0 aromatic heterocycles. The van der Waals surface area contributed by atoms with E-state index in [0.717, 1.165) is 24.0 Å². The molecule has 0 atom stereocenters. The monoisotopic (exact) mass is 210 g/mol. The highest BCUT2D eigenvalue weighted by molar-refractivity contribution is 5.73. The second kappa shape index (κ2) is 3.65. The van der Waals surface area contributed by atoms with E-state index in [9.17, 15) is 13.9 Å². The fourth-order valence-corrected chi connectivity index (χ4v) is 2.24. The zero-order valence-corrected chi connectivity index (χ0v) is 8.48. The molecule has 1 aliphatic rings. The Hall–Kier alpha value is -1.38. The first-order valence-electron chi connectivity index (χ1n) is 4.96. The van der Waals surface area contributed by atoms with Crippen molar-refractivity contribution in [3.05, 3.63) is 34.9 Å². The van der Waals surface area contributed by atoms with Crippen molar-refractivity contribution >= 4 is 5.57 Å². The summed E-state index contributed by atoms with van der Waals surface area (Å²) in [5.74, 6) is 0.159. The first-order chi connectivity index (χ1) is 7.09. The smallest absolute Gasteiger partial charge is 0.274 e. The first-order valence-corrected chi connectivity index (χ1v) is 4.96. The minimum atomic E-state index is -1.59. The number of benzene rings is 1. The molecule has 1 aromatic carbocycles. The Bertz CT molecular complexity index is 431. The maximum atomic E-state index is 12.7. The molecular formula is C12H12F2O. The second-order valence-electron chi connectivity index (χ2n) is 3.89. The van der Waals surface area contributed by atoms with Crippen LogP contribution in [-0.2, 0) is 6.42 Å². The number of hydrogen-bond donors (Lipinski definition) is 1. The minimum absolute atomic E-state index is 0.147. The van der Waals surface area contributed by atoms with E-state index in [1.54, 1.807) is 13.0 Å². The van der Waals surface area contributed by atoms with Gasteiger partial charge in [-0.2, -0.15) is 8.78 Å². The highest BCUT2D eigenvalue weighted by atomic mass is 19.3. The molecule has 3 heteroatoms. The number of aromatic hydroxyl groups is 1. The number of allylic oxidation sites excluding steroid dienone is 1. The molecular weight excluding hydrogens is 198 g/mol. The van der Waals surface area contributed by atoms with Gasteiger partial charge in [0.25, 0.3) is 6.08 Å². The van der Waals surface area contributed by atoms with E-state index < -0.39 is 6.08 Å². The summed E-state index contributed by atoms with van der Waals surface area (Å²) in [6.45, 7) is 1.76. The summed E-state index contributed by atoms with van der Waals surface area (Å²) < 4.78 is 25.4. The van der Waals surface area contributed by atoms with Gasteiger partial charge in [0, 0.05) is 5.57 Å². The van der Waals surface area contributed by atoms with Crippen LogP contribution < -0.4 is 0 Å². The number of aryl methyl sites for hydroxylation is 2. The quantitative estimate of drug-likeness (QED) is 0.693. The SMILES string of the molecule is Cc1cc(O)cc2c1C(=C(F)F)CCC2. The summed E-state index contributed by atoms with van der Waals surface area (Å²) in [5, 5.41) is 9.39. The summed E-state index contributed by atoms with van der Waals surface area (Å²) >= 11 is 0. The van der Waals surface area contributed by atoms with E-state index in [2.05, 4.69) is 0 Å². The van der Waals surface area contributed by atoms with Crippen molar-refractivity contribution in [2.75, 3.05) is 0 Å². The molecule has 80 valence electrons. The third-order valence-corrected chi connectivity index (χ3v) is 2.80. The van der Waals surface area contributed by atoms with Gasteiger partial charge < -0.3 is 5.11 Å². The van der Waals surface area contributed by atoms with Crippen LogP contribution in [-0.4, -0.2) is 5.11 Å². The average Bonchev–Trinajstić information content (AvgIpc) is 2.16. The number of halogens is 2. The van der Waals surface area contributed by atoms with Gasteiger partial charge in [0.05, 0.1) is 0 Å². The normalized spacial score (nSPS) is 15.0. The Balaban J connectivity index is 2.67. The lowest BCUT2D eigenvalue weighted by Crippen LogP contribution is -2.04. The van der Waals surface area contributed by atoms with Crippen molar-refractivity contribution in [2.45, 2.75) is 26.2 Å². The van der Waals surface area contributed by atoms with E-state index in [4.69, 9.17) is 0 Å². The lowest BCUT2D eigenvalue weighted by Gasteiger charge is -2.20. The van der Waals surface area contributed by atoms with Gasteiger partial charge in [-0.3, -0.25) is 0 Å². The van der Waals surface area contributed by atoms with E-state index >= 15 is 0 Å². The van der Waals surface area contributed by atoms with Crippen LogP contribution in [0.4, 0.5) is 8.78 Å². The van der Waals surface area contributed by atoms with E-state index in [0.29, 0.717) is 12.0 Å². The summed E-state index contributed by atoms with van der Waals surface area (Å²) in [4.78, 5) is 0. The van der Waals surface area contributed by atoms with Gasteiger partial charge in [0.1, 0.15) is 5.75 Å². The van der Waals surface area contributed by atoms with Crippen molar-refractivity contribution in [2.24, 2.45) is 0 Å². The molecule has 0 heterocycles. The highest BCUT2D eigenvalue weighted by Gasteiger charge is 2.20. The number of phenolic OH excluding ortho intramolecular Hbond substituents is 1. The molecule has 0 fully saturated rings. The number of fused-ring (bicyclic) bond motifs is 1. The second-order valence-corrected chi connectivity index (χ2v) is 3.89. The van der Waals surface area contributed by atoms with Crippen molar-refractivity contribution < 1.29 is 13.9 Å². The predicted molar refractivity (Wildman–Crippen MR) is 54.9 cm³/mol. The molecule has 0 amide bonds. The van der Waals surface area contributed by atoms with Gasteiger partial charge >= 0.3 is 0 Å². The number of hydrogen-bond acceptors (Lipinski definition) is 1. The van der Waals surface area contributed by atoms with Crippen LogP contribution in [0, 0.1) is 6.92 Å². The van der Waals surface area contributed by atoms with Crippen LogP contribution in [0.5, 0.6) is 5.75 Å². The van der Waals surface area contributed by atoms with E-state index in [1.807, 2.05) is 0 Å². The van der Waals surface area contributed by atoms with Gasteiger partial charge in [-0.15, -0.1) is 0 Å². The molecule has 1 nitrogen and oxygen atoms in total. The Labute approximate surface area is 87.1 Å². The molecule has 0 aliphatic heterocycles. The van der Waals surface area contributed by atoms with Gasteiger partial charge in [-0.1, -0.05) is 0 Å². The Kier molecular flexibility index (Phi) is 2.47. The largest absolute Gasteiger partial charge is 0.508 e. The lowest BCUT2D eigenvalue weighted by atomic mass is 9.85. The minimum Gasteiger partial charge on any atom is -0.508 e. The molecule has 1 aliphatic carbocycles. The summed E-state index contributed by atoms with van der Waals surface area (Å²) in [7, 11) is 0. The van der Waals surface area contributed by atoms with E-state index in [1.165, 1.54) is 6.07 Å². The molecule has 15 heavy (non-hydrogen) atoms. The Morgan fingerprint density at radius 3 is 2.67 bits per heavy atom. The summed E-state index contributed by atoms with van der Waals surface area (Å²) in [5.41, 5.74) is 2.35. The van der Waals surface area contributed by atoms with Crippen LogP contribution in [0.25, 0.3) is 5.57 Å². The average molecular weight is 210 g/mol. The highest BCUT2D eigenvalue weighted by Crippen LogP contribution is 2.37. The van der Waals surface area contributed by atoms with Crippen molar-refractivity contribution in [3.63, 3.8) is 0 Å². The third-order valence-electron chi connectivity index (χ3n) is 2.80. The van der Waals surface area contributed by atoms with E-state index in [-0.39, 0.29) is 11.3 Å². The van der Waals surface area contributed by atoms with Crippen LogP contribution in [0.2, 0.25) is 0 Å². The molecule has 0 radical (unpaired) electrons. The first kappa shape index (κ1) is 10.1. The van der Waals surface area contributed by atoms with Crippen LogP contribution in [0.3, 0.4) is 0 Å². The molecule has 0 bridgehead atoms. The number of rotatable bonds is 0. The molecule has 0 saturated heterocycles. The maximum Gasteiger partial charge on any atom is 0.274 e. The van der Waals surface area contributed by atoms with Gasteiger partial charge in [0.15, 0.2) is 0 Å². The van der Waals surface area contributed by atoms with Gasteiger partial charge in [0.2, 0.25) is 0 Å². The Morgan fingerprint density at radius 2 is 2.00 bits per heavy atom. The van der Waals surface area contributed by atoms with Crippen LogP contribution >= 0.6 is 0 Å². The molecule has 0 spiro atoms. The van der Waals surface area contributed by atoms with Gasteiger partial charge in [-0.25, -0.2) is 0 Å². The maximum absolute atomic E-state index is 12.7. The summed E-state index contributed by atoms with van der Waals surface area (Å²) in [6, 6.07) is 3.12. The van der Waals surface area contributed by atoms with Crippen molar-refractivity contribution in [3.8, 4) is 5.75 Å². The zero-order chi connectivity index (χ0) is 11.0. The van der Waals surface area contributed by atoms with Crippen LogP contribution in [0.15, 0.2) is 18.2 Å². The zero-order valence-electron chi connectivity index (χ0n) is 8.48. The predicted octanol–water partition coefficient (Wildman–Crippen LogP) is 3.64. The molecule has 0 saturated carbocycles. The fourth-order valence-electron chi connectivity index (χ4n) is 2.24. The molecule has 0 unspecified atom stereocenters.